The Kier molecular flexibility index (Phi) is 5.91. The minimum Gasteiger partial charge on any atom is -0.493 e. The molecule has 1 unspecified atom stereocenters. The van der Waals surface area contributed by atoms with Crippen LogP contribution in [0.25, 0.3) is 0 Å². The summed E-state index contributed by atoms with van der Waals surface area (Å²) in [4.78, 5) is 0. The molecule has 1 heteroatoms. The highest BCUT2D eigenvalue weighted by molar-refractivity contribution is 5.19. The quantitative estimate of drug-likeness (QED) is 0.651. The number of benzene rings is 1. The zero-order valence-electron chi connectivity index (χ0n) is 9.83. The lowest BCUT2D eigenvalue weighted by atomic mass is 10.0. The second-order valence-electron chi connectivity index (χ2n) is 3.97. The van der Waals surface area contributed by atoms with Crippen LogP contribution in [0.2, 0.25) is 0 Å². The molecule has 0 aliphatic heterocycles. The Morgan fingerprint density at radius 3 is 2.87 bits per heavy atom. The first-order valence-corrected chi connectivity index (χ1v) is 5.95. The van der Waals surface area contributed by atoms with E-state index in [4.69, 9.17) is 4.74 Å². The van der Waals surface area contributed by atoms with Gasteiger partial charge in [-0.15, -0.1) is 0 Å². The first-order valence-electron chi connectivity index (χ1n) is 5.95. The van der Waals surface area contributed by atoms with Crippen LogP contribution in [-0.2, 0) is 0 Å². The van der Waals surface area contributed by atoms with Gasteiger partial charge in [0.05, 0.1) is 6.61 Å². The number of ether oxygens (including phenoxy) is 1. The summed E-state index contributed by atoms with van der Waals surface area (Å²) >= 11 is 0. The van der Waals surface area contributed by atoms with Crippen LogP contribution in [0.3, 0.4) is 0 Å². The molecule has 1 nitrogen and oxygen atoms in total. The van der Waals surface area contributed by atoms with Crippen LogP contribution in [0.15, 0.2) is 24.3 Å². The van der Waals surface area contributed by atoms with Crippen LogP contribution in [0.1, 0.15) is 39.5 Å². The van der Waals surface area contributed by atoms with Crippen molar-refractivity contribution in [2.75, 3.05) is 6.61 Å². The van der Waals surface area contributed by atoms with Crippen molar-refractivity contribution >= 4 is 0 Å². The Morgan fingerprint density at radius 2 is 2.27 bits per heavy atom. The third-order valence-electron chi connectivity index (χ3n) is 2.71. The zero-order chi connectivity index (χ0) is 10.9. The fourth-order valence-electron chi connectivity index (χ4n) is 1.58. The van der Waals surface area contributed by atoms with Gasteiger partial charge in [-0.25, -0.2) is 0 Å². The molecule has 1 atom stereocenters. The third kappa shape index (κ3) is 4.87. The van der Waals surface area contributed by atoms with Gasteiger partial charge in [0.2, 0.25) is 0 Å². The molecule has 83 valence electrons. The van der Waals surface area contributed by atoms with Crippen LogP contribution >= 0.6 is 0 Å². The van der Waals surface area contributed by atoms with E-state index < -0.39 is 0 Å². The summed E-state index contributed by atoms with van der Waals surface area (Å²) in [7, 11) is 0. The summed E-state index contributed by atoms with van der Waals surface area (Å²) in [6.45, 7) is 5.31. The van der Waals surface area contributed by atoms with E-state index in [1.807, 2.05) is 24.3 Å². The molecule has 0 bridgehead atoms. The lowest BCUT2D eigenvalue weighted by molar-refractivity contribution is 0.233. The monoisotopic (exact) mass is 205 g/mol. The predicted molar refractivity (Wildman–Crippen MR) is 64.1 cm³/mol. The van der Waals surface area contributed by atoms with Crippen LogP contribution < -0.4 is 4.74 Å². The molecule has 1 aromatic rings. The van der Waals surface area contributed by atoms with Gasteiger partial charge >= 0.3 is 0 Å². The second kappa shape index (κ2) is 7.33. The Bertz CT molecular complexity index is 243. The summed E-state index contributed by atoms with van der Waals surface area (Å²) in [5.41, 5.74) is 0. The smallest absolute Gasteiger partial charge is 0.119 e. The van der Waals surface area contributed by atoms with Gasteiger partial charge < -0.3 is 4.74 Å². The van der Waals surface area contributed by atoms with Crippen molar-refractivity contribution in [2.24, 2.45) is 5.92 Å². The van der Waals surface area contributed by atoms with Gasteiger partial charge in [-0.1, -0.05) is 45.2 Å². The molecule has 15 heavy (non-hydrogen) atoms. The van der Waals surface area contributed by atoms with E-state index in [0.717, 1.165) is 12.4 Å². The zero-order valence-corrected chi connectivity index (χ0v) is 9.83. The molecule has 1 rings (SSSR count). The molecular weight excluding hydrogens is 184 g/mol. The lowest BCUT2D eigenvalue weighted by Crippen LogP contribution is -2.11. The van der Waals surface area contributed by atoms with Gasteiger partial charge in [0.25, 0.3) is 0 Å². The van der Waals surface area contributed by atoms with Gasteiger partial charge in [0.1, 0.15) is 5.75 Å². The Morgan fingerprint density at radius 1 is 1.40 bits per heavy atom. The van der Waals surface area contributed by atoms with E-state index in [9.17, 15) is 0 Å². The van der Waals surface area contributed by atoms with E-state index in [2.05, 4.69) is 19.9 Å². The van der Waals surface area contributed by atoms with Gasteiger partial charge in [0.15, 0.2) is 0 Å². The van der Waals surface area contributed by atoms with Gasteiger partial charge in [-0.05, 0) is 30.5 Å². The Hall–Kier alpha value is -0.980. The third-order valence-corrected chi connectivity index (χ3v) is 2.71. The predicted octanol–water partition coefficient (Wildman–Crippen LogP) is 4.08. The summed E-state index contributed by atoms with van der Waals surface area (Å²) in [5, 5.41) is 0. The normalized spacial score (nSPS) is 12.4. The van der Waals surface area contributed by atoms with Crippen molar-refractivity contribution in [2.45, 2.75) is 39.5 Å². The van der Waals surface area contributed by atoms with E-state index in [0.29, 0.717) is 5.92 Å². The topological polar surface area (TPSA) is 9.23 Å². The first kappa shape index (κ1) is 12.1. The lowest BCUT2D eigenvalue weighted by Gasteiger charge is -2.15. The van der Waals surface area contributed by atoms with Crippen molar-refractivity contribution in [3.05, 3.63) is 30.3 Å². The fourth-order valence-corrected chi connectivity index (χ4v) is 1.58. The molecule has 0 aliphatic rings. The van der Waals surface area contributed by atoms with Crippen molar-refractivity contribution < 1.29 is 4.74 Å². The van der Waals surface area contributed by atoms with E-state index >= 15 is 0 Å². The minimum atomic E-state index is 0.699. The van der Waals surface area contributed by atoms with Crippen LogP contribution in [-0.4, -0.2) is 6.61 Å². The molecule has 0 N–H and O–H groups in total. The maximum Gasteiger partial charge on any atom is 0.119 e. The number of hydrogen-bond donors (Lipinski definition) is 0. The van der Waals surface area contributed by atoms with Gasteiger partial charge in [-0.3, -0.25) is 0 Å². The molecule has 1 radical (unpaired) electrons. The molecule has 1 aromatic carbocycles. The Labute approximate surface area is 93.5 Å². The minimum absolute atomic E-state index is 0.699. The summed E-state index contributed by atoms with van der Waals surface area (Å²) < 4.78 is 5.72. The first-order chi connectivity index (χ1) is 7.36. The number of rotatable bonds is 7. The van der Waals surface area contributed by atoms with E-state index in [-0.39, 0.29) is 0 Å². The van der Waals surface area contributed by atoms with Crippen LogP contribution in [0.5, 0.6) is 5.75 Å². The van der Waals surface area contributed by atoms with Crippen molar-refractivity contribution in [3.8, 4) is 5.75 Å². The maximum atomic E-state index is 5.72. The van der Waals surface area contributed by atoms with Crippen molar-refractivity contribution in [3.63, 3.8) is 0 Å². The van der Waals surface area contributed by atoms with Crippen molar-refractivity contribution in [1.29, 1.82) is 0 Å². The maximum absolute atomic E-state index is 5.72. The molecule has 0 saturated carbocycles. The molecular formula is C14H21O. The van der Waals surface area contributed by atoms with Crippen LogP contribution in [0.4, 0.5) is 0 Å². The standard InChI is InChI=1S/C14H21O/c1-3-5-9-13(4-2)12-15-14-10-7-6-8-11-14/h6-7,10-11,13H,3-5,9,12H2,1-2H3. The molecule has 0 saturated heterocycles. The highest BCUT2D eigenvalue weighted by atomic mass is 16.5. The van der Waals surface area contributed by atoms with E-state index in [1.165, 1.54) is 25.7 Å². The summed E-state index contributed by atoms with van der Waals surface area (Å²) in [6, 6.07) is 10.8. The largest absolute Gasteiger partial charge is 0.493 e. The average Bonchev–Trinajstić information content (AvgIpc) is 2.31. The highest BCUT2D eigenvalue weighted by Gasteiger charge is 2.06. The summed E-state index contributed by atoms with van der Waals surface area (Å²) in [5.74, 6) is 1.64. The number of hydrogen-bond acceptors (Lipinski definition) is 1. The Balaban J connectivity index is 2.28. The van der Waals surface area contributed by atoms with Gasteiger partial charge in [-0.2, -0.15) is 0 Å². The molecule has 0 amide bonds. The average molecular weight is 205 g/mol. The molecule has 0 spiro atoms. The molecule has 0 aliphatic carbocycles. The number of unbranched alkanes of at least 4 members (excludes halogenated alkanes) is 1. The second-order valence-corrected chi connectivity index (χ2v) is 3.97. The van der Waals surface area contributed by atoms with E-state index in [1.54, 1.807) is 0 Å². The SMILES string of the molecule is CCCCC(CC)COc1c[c]ccc1. The highest BCUT2D eigenvalue weighted by Crippen LogP contribution is 2.15. The van der Waals surface area contributed by atoms with Crippen molar-refractivity contribution in [1.82, 2.24) is 0 Å². The summed E-state index contributed by atoms with van der Waals surface area (Å²) in [6.07, 6.45) is 5.07. The fraction of sp³-hybridized carbons (Fsp3) is 0.571. The molecule has 0 heterocycles. The molecule has 0 aromatic heterocycles. The molecule has 0 fully saturated rings. The van der Waals surface area contributed by atoms with Crippen LogP contribution in [0, 0.1) is 12.0 Å². The van der Waals surface area contributed by atoms with Gasteiger partial charge in [0, 0.05) is 0 Å².